The maximum atomic E-state index is 12.2. The van der Waals surface area contributed by atoms with Gasteiger partial charge >= 0.3 is 5.97 Å². The number of amides is 1. The first-order valence-corrected chi connectivity index (χ1v) is 13.4. The van der Waals surface area contributed by atoms with E-state index in [1.807, 2.05) is 17.1 Å². The van der Waals surface area contributed by atoms with Crippen LogP contribution in [0, 0.1) is 0 Å². The summed E-state index contributed by atoms with van der Waals surface area (Å²) in [5.74, 6) is 3.67. The van der Waals surface area contributed by atoms with Crippen molar-refractivity contribution in [3.63, 3.8) is 0 Å². The summed E-state index contributed by atoms with van der Waals surface area (Å²) in [7, 11) is 0. The lowest BCUT2D eigenvalue weighted by molar-refractivity contribution is -0.143. The van der Waals surface area contributed by atoms with Gasteiger partial charge in [0.1, 0.15) is 0 Å². The third-order valence-electron chi connectivity index (χ3n) is 4.77. The molecule has 1 aliphatic heterocycles. The van der Waals surface area contributed by atoms with Crippen molar-refractivity contribution in [2.45, 2.75) is 77.4 Å². The Kier molecular flexibility index (Phi) is 15.5. The van der Waals surface area contributed by atoms with Crippen LogP contribution < -0.4 is 0 Å². The van der Waals surface area contributed by atoms with E-state index in [2.05, 4.69) is 13.8 Å². The summed E-state index contributed by atoms with van der Waals surface area (Å²) >= 11 is 3.56. The number of esters is 1. The van der Waals surface area contributed by atoms with Gasteiger partial charge in [-0.3, -0.25) is 9.59 Å². The summed E-state index contributed by atoms with van der Waals surface area (Å²) in [4.78, 5) is 25.6. The van der Waals surface area contributed by atoms with Crippen molar-refractivity contribution in [2.24, 2.45) is 0 Å². The number of unbranched alkanes of at least 4 members (excludes halogenated alkanes) is 2. The zero-order chi connectivity index (χ0) is 21.3. The molecular weight excluding hydrogens is 406 g/mol. The summed E-state index contributed by atoms with van der Waals surface area (Å²) in [5, 5.41) is 10.1. The quantitative estimate of drug-likeness (QED) is 0.205. The fourth-order valence-corrected chi connectivity index (χ4v) is 4.89. The van der Waals surface area contributed by atoms with Gasteiger partial charge in [-0.05, 0) is 37.2 Å². The highest BCUT2D eigenvalue weighted by Crippen LogP contribution is 2.21. The first-order chi connectivity index (χ1) is 14.1. The van der Waals surface area contributed by atoms with Crippen molar-refractivity contribution >= 4 is 35.4 Å². The van der Waals surface area contributed by atoms with Crippen LogP contribution in [-0.2, 0) is 14.3 Å². The van der Waals surface area contributed by atoms with Gasteiger partial charge in [-0.15, -0.1) is 0 Å². The molecule has 0 spiro atoms. The van der Waals surface area contributed by atoms with E-state index in [1.165, 1.54) is 12.8 Å². The van der Waals surface area contributed by atoms with Crippen LogP contribution in [0.15, 0.2) is 12.2 Å². The van der Waals surface area contributed by atoms with E-state index in [-0.39, 0.29) is 17.9 Å². The number of nitrogens with zero attached hydrogens (tertiary/aromatic N) is 1. The molecule has 0 aromatic carbocycles. The monoisotopic (exact) mass is 445 g/mol. The Morgan fingerprint density at radius 1 is 1.21 bits per heavy atom. The van der Waals surface area contributed by atoms with Crippen LogP contribution in [0.1, 0.15) is 65.2 Å². The molecule has 2 atom stereocenters. The number of aliphatic hydroxyl groups excluding tert-OH is 1. The predicted octanol–water partition coefficient (Wildman–Crippen LogP) is 4.28. The summed E-state index contributed by atoms with van der Waals surface area (Å²) in [5.41, 5.74) is 0. The van der Waals surface area contributed by atoms with Crippen LogP contribution in [0.2, 0.25) is 0 Å². The van der Waals surface area contributed by atoms with Crippen LogP contribution in [0.25, 0.3) is 0 Å². The molecule has 1 unspecified atom stereocenters. The molecule has 1 heterocycles. The van der Waals surface area contributed by atoms with Gasteiger partial charge in [0.05, 0.1) is 18.8 Å². The van der Waals surface area contributed by atoms with Crippen molar-refractivity contribution in [1.29, 1.82) is 0 Å². The Labute approximate surface area is 185 Å². The minimum atomic E-state index is -0.444. The smallest absolute Gasteiger partial charge is 0.305 e. The molecule has 168 valence electrons. The Bertz CT molecular complexity index is 487. The maximum absolute atomic E-state index is 12.2. The highest BCUT2D eigenvalue weighted by Gasteiger charge is 2.28. The third kappa shape index (κ3) is 12.6. The Morgan fingerprint density at radius 2 is 1.97 bits per heavy atom. The number of carbonyl (C=O) groups excluding carboxylic acids is 2. The largest absolute Gasteiger partial charge is 0.466 e. The van der Waals surface area contributed by atoms with Crippen LogP contribution >= 0.6 is 23.5 Å². The molecule has 1 rings (SSSR count). The van der Waals surface area contributed by atoms with Crippen molar-refractivity contribution in [3.05, 3.63) is 12.2 Å². The third-order valence-corrected chi connectivity index (χ3v) is 6.97. The van der Waals surface area contributed by atoms with Crippen molar-refractivity contribution in [1.82, 2.24) is 4.90 Å². The summed E-state index contributed by atoms with van der Waals surface area (Å²) < 4.78 is 5.15. The van der Waals surface area contributed by atoms with Gasteiger partial charge in [0.2, 0.25) is 5.91 Å². The fourth-order valence-electron chi connectivity index (χ4n) is 2.99. The second-order valence-corrected chi connectivity index (χ2v) is 9.74. The number of carbonyl (C=O) groups is 2. The lowest BCUT2D eigenvalue weighted by Gasteiger charge is -2.22. The zero-order valence-electron chi connectivity index (χ0n) is 18.1. The van der Waals surface area contributed by atoms with E-state index in [4.69, 9.17) is 4.74 Å². The van der Waals surface area contributed by atoms with Crippen molar-refractivity contribution in [2.75, 3.05) is 36.2 Å². The van der Waals surface area contributed by atoms with Gasteiger partial charge in [0, 0.05) is 30.9 Å². The van der Waals surface area contributed by atoms with E-state index in [0.29, 0.717) is 25.2 Å². The van der Waals surface area contributed by atoms with E-state index in [9.17, 15) is 14.7 Å². The molecule has 1 N–H and O–H groups in total. The molecule has 0 aliphatic carbocycles. The minimum Gasteiger partial charge on any atom is -0.466 e. The Hall–Kier alpha value is -0.660. The second kappa shape index (κ2) is 17.1. The maximum Gasteiger partial charge on any atom is 0.305 e. The molecule has 1 saturated heterocycles. The molecule has 0 radical (unpaired) electrons. The predicted molar refractivity (Wildman–Crippen MR) is 125 cm³/mol. The molecule has 29 heavy (non-hydrogen) atoms. The molecule has 1 aliphatic rings. The molecule has 1 fully saturated rings. The highest BCUT2D eigenvalue weighted by molar-refractivity contribution is 7.99. The number of thioether (sulfide) groups is 2. The SMILES string of the molecule is CCCCOC(=O)CCCSCCN1C(=O)CC[C@@H]1/C=C/C(O)CSCCCC. The van der Waals surface area contributed by atoms with Gasteiger partial charge in [0.25, 0.3) is 0 Å². The standard InChI is InChI=1S/C22H39NO4S2/c1-3-5-14-27-22(26)8-7-16-28-17-13-23-19(10-12-21(23)25)9-11-20(24)18-29-15-6-4-2/h9,11,19-20,24H,3-8,10,12-18H2,1-2H3/b11-9+/t19-,20?/m0/s1. The zero-order valence-corrected chi connectivity index (χ0v) is 19.8. The minimum absolute atomic E-state index is 0.104. The summed E-state index contributed by atoms with van der Waals surface area (Å²) in [6, 6.07) is 0.104. The molecule has 7 heteroatoms. The average molecular weight is 446 g/mol. The van der Waals surface area contributed by atoms with Crippen molar-refractivity contribution < 1.29 is 19.4 Å². The van der Waals surface area contributed by atoms with Crippen LogP contribution in [0.5, 0.6) is 0 Å². The molecule has 0 bridgehead atoms. The summed E-state index contributed by atoms with van der Waals surface area (Å²) in [6.45, 7) is 5.50. The fraction of sp³-hybridized carbons (Fsp3) is 0.818. The second-order valence-electron chi connectivity index (χ2n) is 7.36. The highest BCUT2D eigenvalue weighted by atomic mass is 32.2. The number of ether oxygens (including phenoxy) is 1. The first kappa shape index (κ1) is 26.4. The molecular formula is C22H39NO4S2. The molecule has 5 nitrogen and oxygen atoms in total. The van der Waals surface area contributed by atoms with E-state index < -0.39 is 6.10 Å². The number of aliphatic hydroxyl groups is 1. The first-order valence-electron chi connectivity index (χ1n) is 11.0. The van der Waals surface area contributed by atoms with Gasteiger partial charge in [-0.1, -0.05) is 38.8 Å². The van der Waals surface area contributed by atoms with Gasteiger partial charge in [-0.25, -0.2) is 0 Å². The van der Waals surface area contributed by atoms with Crippen LogP contribution in [0.4, 0.5) is 0 Å². The van der Waals surface area contributed by atoms with Gasteiger partial charge in [0.15, 0.2) is 0 Å². The van der Waals surface area contributed by atoms with E-state index in [0.717, 1.165) is 49.5 Å². The molecule has 0 aromatic heterocycles. The number of rotatable bonds is 17. The lowest BCUT2D eigenvalue weighted by atomic mass is 10.2. The number of hydrogen-bond acceptors (Lipinski definition) is 6. The van der Waals surface area contributed by atoms with Gasteiger partial charge in [-0.2, -0.15) is 23.5 Å². The molecule has 0 saturated carbocycles. The summed E-state index contributed by atoms with van der Waals surface area (Å²) in [6.07, 6.45) is 10.4. The van der Waals surface area contributed by atoms with Crippen LogP contribution in [-0.4, -0.2) is 70.2 Å². The number of hydrogen-bond donors (Lipinski definition) is 1. The Balaban J connectivity index is 2.18. The molecule has 0 aromatic rings. The lowest BCUT2D eigenvalue weighted by Crippen LogP contribution is -2.34. The van der Waals surface area contributed by atoms with Crippen LogP contribution in [0.3, 0.4) is 0 Å². The normalized spacial score (nSPS) is 18.0. The van der Waals surface area contributed by atoms with Crippen molar-refractivity contribution in [3.8, 4) is 0 Å². The van der Waals surface area contributed by atoms with E-state index in [1.54, 1.807) is 23.5 Å². The number of likely N-dealkylation sites (tertiary alicyclic amines) is 1. The van der Waals surface area contributed by atoms with Gasteiger partial charge < -0.3 is 14.7 Å². The topological polar surface area (TPSA) is 66.8 Å². The van der Waals surface area contributed by atoms with E-state index >= 15 is 0 Å². The molecule has 1 amide bonds. The Morgan fingerprint density at radius 3 is 2.72 bits per heavy atom. The average Bonchev–Trinajstić information content (AvgIpc) is 3.06.